The Bertz CT molecular complexity index is 441. The van der Waals surface area contributed by atoms with Crippen molar-refractivity contribution in [1.29, 1.82) is 0 Å². The highest BCUT2D eigenvalue weighted by Crippen LogP contribution is 2.84. The molecule has 4 rings (SSSR count). The van der Waals surface area contributed by atoms with Crippen LogP contribution in [0.5, 0.6) is 0 Å². The molecule has 3 atom stereocenters. The second-order valence-electron chi connectivity index (χ2n) is 4.66. The zero-order valence-corrected chi connectivity index (χ0v) is 7.75. The Labute approximate surface area is 78.3 Å². The molecule has 1 aromatic rings. The van der Waals surface area contributed by atoms with Crippen molar-refractivity contribution in [2.45, 2.75) is 18.8 Å². The summed E-state index contributed by atoms with van der Waals surface area (Å²) in [5.41, 5.74) is 5.52. The van der Waals surface area contributed by atoms with Crippen LogP contribution in [0.15, 0.2) is 35.9 Å². The minimum Gasteiger partial charge on any atom is -0.0796 e. The summed E-state index contributed by atoms with van der Waals surface area (Å²) < 4.78 is 0. The van der Waals surface area contributed by atoms with Gasteiger partial charge in [0.2, 0.25) is 0 Å². The average Bonchev–Trinajstić information content (AvgIpc) is 3.02. The van der Waals surface area contributed by atoms with Crippen molar-refractivity contribution in [1.82, 2.24) is 0 Å². The van der Waals surface area contributed by atoms with Crippen molar-refractivity contribution >= 4 is 0 Å². The molecule has 2 saturated carbocycles. The van der Waals surface area contributed by atoms with Gasteiger partial charge in [-0.3, -0.25) is 0 Å². The molecule has 0 heterocycles. The fraction of sp³-hybridized carbons (Fsp3) is 0.385. The molecule has 0 amide bonds. The van der Waals surface area contributed by atoms with E-state index in [4.69, 9.17) is 0 Å². The summed E-state index contributed by atoms with van der Waals surface area (Å²) >= 11 is 0. The molecule has 0 bridgehead atoms. The predicted molar refractivity (Wildman–Crippen MR) is 52.6 cm³/mol. The molecule has 0 aromatic heterocycles. The van der Waals surface area contributed by atoms with E-state index in [0.29, 0.717) is 5.41 Å². The second-order valence-corrected chi connectivity index (χ2v) is 4.66. The van der Waals surface area contributed by atoms with Crippen molar-refractivity contribution in [3.8, 4) is 0 Å². The van der Waals surface area contributed by atoms with Crippen LogP contribution in [0.25, 0.3) is 0 Å². The van der Waals surface area contributed by atoms with E-state index in [1.807, 2.05) is 0 Å². The van der Waals surface area contributed by atoms with Gasteiger partial charge in [-0.1, -0.05) is 42.8 Å². The van der Waals surface area contributed by atoms with Gasteiger partial charge in [-0.25, -0.2) is 0 Å². The number of hydrogen-bond donors (Lipinski definition) is 0. The highest BCUT2D eigenvalue weighted by atomic mass is 14.8. The number of fused-ring (bicyclic) bond motifs is 2. The number of allylic oxidation sites excluding steroid dienone is 2. The summed E-state index contributed by atoms with van der Waals surface area (Å²) in [5, 5.41) is 0. The molecule has 0 N–H and O–H groups in total. The Hall–Kier alpha value is -1.04. The summed E-state index contributed by atoms with van der Waals surface area (Å²) in [4.78, 5) is 0. The Morgan fingerprint density at radius 2 is 2.15 bits per heavy atom. The summed E-state index contributed by atoms with van der Waals surface area (Å²) in [6.45, 7) is 2.39. The molecule has 64 valence electrons. The highest BCUT2D eigenvalue weighted by Gasteiger charge is 2.82. The first kappa shape index (κ1) is 6.42. The normalized spacial score (nSPS) is 42.7. The molecule has 3 aliphatic rings. The summed E-state index contributed by atoms with van der Waals surface area (Å²) in [6, 6.07) is 8.99. The topological polar surface area (TPSA) is 0 Å². The van der Waals surface area contributed by atoms with Crippen LogP contribution >= 0.6 is 0 Å². The third kappa shape index (κ3) is 0.477. The SMILES string of the molecule is CC1C2C3=CCc4ccccc4C312. The van der Waals surface area contributed by atoms with Crippen molar-refractivity contribution < 1.29 is 0 Å². The first-order chi connectivity index (χ1) is 6.37. The molecule has 3 unspecified atom stereocenters. The average molecular weight is 168 g/mol. The van der Waals surface area contributed by atoms with E-state index in [-0.39, 0.29) is 0 Å². The molecule has 1 aromatic carbocycles. The van der Waals surface area contributed by atoms with E-state index >= 15 is 0 Å². The third-order valence-corrected chi connectivity index (χ3v) is 4.33. The van der Waals surface area contributed by atoms with E-state index in [1.54, 1.807) is 16.7 Å². The number of rotatable bonds is 0. The molecule has 0 saturated heterocycles. The van der Waals surface area contributed by atoms with Crippen LogP contribution in [-0.2, 0) is 11.8 Å². The van der Waals surface area contributed by atoms with E-state index in [2.05, 4.69) is 37.3 Å². The fourth-order valence-electron chi connectivity index (χ4n) is 3.58. The zero-order valence-electron chi connectivity index (χ0n) is 7.75. The lowest BCUT2D eigenvalue weighted by Gasteiger charge is -2.18. The Morgan fingerprint density at radius 3 is 3.00 bits per heavy atom. The number of benzene rings is 1. The van der Waals surface area contributed by atoms with Crippen LogP contribution < -0.4 is 0 Å². The fourth-order valence-corrected chi connectivity index (χ4v) is 3.58. The van der Waals surface area contributed by atoms with Crippen LogP contribution in [-0.4, -0.2) is 0 Å². The number of hydrogen-bond acceptors (Lipinski definition) is 0. The molecule has 0 radical (unpaired) electrons. The van der Waals surface area contributed by atoms with Crippen molar-refractivity contribution in [3.05, 3.63) is 47.0 Å². The van der Waals surface area contributed by atoms with Crippen LogP contribution in [0, 0.1) is 11.8 Å². The first-order valence-corrected chi connectivity index (χ1v) is 5.15. The highest BCUT2D eigenvalue weighted by molar-refractivity contribution is 5.70. The maximum absolute atomic E-state index is 2.47. The molecule has 3 aliphatic carbocycles. The molecule has 0 nitrogen and oxygen atoms in total. The zero-order chi connectivity index (χ0) is 8.63. The van der Waals surface area contributed by atoms with Crippen molar-refractivity contribution in [3.63, 3.8) is 0 Å². The van der Waals surface area contributed by atoms with Crippen LogP contribution in [0.1, 0.15) is 18.1 Å². The van der Waals surface area contributed by atoms with Gasteiger partial charge in [0.05, 0.1) is 0 Å². The first-order valence-electron chi connectivity index (χ1n) is 5.15. The van der Waals surface area contributed by atoms with E-state index in [1.165, 1.54) is 6.42 Å². The smallest absolute Gasteiger partial charge is 0.0268 e. The van der Waals surface area contributed by atoms with E-state index < -0.39 is 0 Å². The van der Waals surface area contributed by atoms with Gasteiger partial charge in [-0.15, -0.1) is 0 Å². The quantitative estimate of drug-likeness (QED) is 0.522. The van der Waals surface area contributed by atoms with Crippen LogP contribution in [0.3, 0.4) is 0 Å². The minimum atomic E-state index is 0.564. The van der Waals surface area contributed by atoms with Gasteiger partial charge in [0.25, 0.3) is 0 Å². The van der Waals surface area contributed by atoms with Gasteiger partial charge in [0.1, 0.15) is 0 Å². The lowest BCUT2D eigenvalue weighted by Crippen LogP contribution is -2.10. The van der Waals surface area contributed by atoms with E-state index in [0.717, 1.165) is 11.8 Å². The molecule has 0 heteroatoms. The van der Waals surface area contributed by atoms with Gasteiger partial charge in [-0.2, -0.15) is 0 Å². The molecular weight excluding hydrogens is 156 g/mol. The molecule has 2 fully saturated rings. The lowest BCUT2D eigenvalue weighted by molar-refractivity contribution is 0.705. The van der Waals surface area contributed by atoms with Crippen LogP contribution in [0.2, 0.25) is 0 Å². The Morgan fingerprint density at radius 1 is 1.31 bits per heavy atom. The summed E-state index contributed by atoms with van der Waals surface area (Å²) in [5.74, 6) is 1.87. The summed E-state index contributed by atoms with van der Waals surface area (Å²) in [7, 11) is 0. The largest absolute Gasteiger partial charge is 0.0796 e. The van der Waals surface area contributed by atoms with Gasteiger partial charge in [-0.05, 0) is 29.4 Å². The molecular formula is C13H12. The third-order valence-electron chi connectivity index (χ3n) is 4.33. The standard InChI is InChI=1S/C13H12/c1-8-12-11-7-6-9-4-2-3-5-10(9)13(8,11)12/h2-5,7-8,12H,6H2,1H3. The minimum absolute atomic E-state index is 0.564. The Balaban J connectivity index is 2.00. The van der Waals surface area contributed by atoms with Crippen molar-refractivity contribution in [2.75, 3.05) is 0 Å². The molecule has 0 aliphatic heterocycles. The molecule has 13 heavy (non-hydrogen) atoms. The maximum Gasteiger partial charge on any atom is 0.0268 e. The van der Waals surface area contributed by atoms with Gasteiger partial charge < -0.3 is 0 Å². The van der Waals surface area contributed by atoms with E-state index in [9.17, 15) is 0 Å². The lowest BCUT2D eigenvalue weighted by atomic mass is 9.85. The second kappa shape index (κ2) is 1.61. The monoisotopic (exact) mass is 168 g/mol. The van der Waals surface area contributed by atoms with Gasteiger partial charge >= 0.3 is 0 Å². The molecule has 1 spiro atoms. The van der Waals surface area contributed by atoms with Crippen LogP contribution in [0.4, 0.5) is 0 Å². The van der Waals surface area contributed by atoms with Gasteiger partial charge in [0, 0.05) is 5.41 Å². The Kier molecular flexibility index (Phi) is 0.797. The maximum atomic E-state index is 2.47. The van der Waals surface area contributed by atoms with Gasteiger partial charge in [0.15, 0.2) is 0 Å². The predicted octanol–water partition coefficient (Wildman–Crippen LogP) is 2.69. The summed E-state index contributed by atoms with van der Waals surface area (Å²) in [6.07, 6.45) is 3.64. The van der Waals surface area contributed by atoms with Crippen molar-refractivity contribution in [2.24, 2.45) is 11.8 Å².